The number of ether oxygens (including phenoxy) is 1. The van der Waals surface area contributed by atoms with Gasteiger partial charge in [-0.3, -0.25) is 14.2 Å². The molecule has 0 spiro atoms. The van der Waals surface area contributed by atoms with Crippen LogP contribution in [0.1, 0.15) is 18.0 Å². The minimum atomic E-state index is -0.116. The van der Waals surface area contributed by atoms with Gasteiger partial charge in [-0.25, -0.2) is 0 Å². The number of rotatable bonds is 6. The first-order valence-corrected chi connectivity index (χ1v) is 8.56. The Balaban J connectivity index is 1.77. The summed E-state index contributed by atoms with van der Waals surface area (Å²) >= 11 is 0. The lowest BCUT2D eigenvalue weighted by Gasteiger charge is -2.42. The highest BCUT2D eigenvalue weighted by Gasteiger charge is 2.37. The Morgan fingerprint density at radius 2 is 2.24 bits per heavy atom. The molecular formula is C17H26N6O2. The van der Waals surface area contributed by atoms with Gasteiger partial charge in [0.2, 0.25) is 5.91 Å². The molecule has 1 fully saturated rings. The molecule has 0 unspecified atom stereocenters. The summed E-state index contributed by atoms with van der Waals surface area (Å²) in [6.07, 6.45) is 7.75. The lowest BCUT2D eigenvalue weighted by Crippen LogP contribution is -2.51. The molecule has 0 aromatic carbocycles. The largest absolute Gasteiger partial charge is 0.373 e. The standard InChI is InChI=1S/C17H26N6O2/c1-20(2)13-15-17(14-11-19-21(3)12-14)23(9-10-25-15)16(24)5-8-22-7-4-6-18-22/h4,6-7,11-12,15,17H,5,8-10,13H2,1-3H3/t15-,17-/m0/s1. The normalized spacial score (nSPS) is 21.0. The van der Waals surface area contributed by atoms with Crippen LogP contribution in [0, 0.1) is 0 Å². The maximum absolute atomic E-state index is 12.9. The van der Waals surface area contributed by atoms with Crippen molar-refractivity contribution < 1.29 is 9.53 Å². The van der Waals surface area contributed by atoms with Crippen molar-refractivity contribution in [3.05, 3.63) is 36.4 Å². The maximum Gasteiger partial charge on any atom is 0.225 e. The summed E-state index contributed by atoms with van der Waals surface area (Å²) < 4.78 is 9.56. The molecule has 1 aliphatic heterocycles. The fourth-order valence-electron chi connectivity index (χ4n) is 3.30. The fraction of sp³-hybridized carbons (Fsp3) is 0.588. The highest BCUT2D eigenvalue weighted by Crippen LogP contribution is 2.30. The van der Waals surface area contributed by atoms with Gasteiger partial charge in [-0.2, -0.15) is 10.2 Å². The van der Waals surface area contributed by atoms with Crippen molar-refractivity contribution in [2.75, 3.05) is 33.8 Å². The third-order valence-corrected chi connectivity index (χ3v) is 4.40. The number of amides is 1. The lowest BCUT2D eigenvalue weighted by molar-refractivity contribution is -0.148. The van der Waals surface area contributed by atoms with Gasteiger partial charge < -0.3 is 14.5 Å². The van der Waals surface area contributed by atoms with E-state index in [0.717, 1.165) is 12.1 Å². The number of likely N-dealkylation sites (N-methyl/N-ethyl adjacent to an activating group) is 1. The van der Waals surface area contributed by atoms with Gasteiger partial charge in [-0.1, -0.05) is 0 Å². The highest BCUT2D eigenvalue weighted by atomic mass is 16.5. The monoisotopic (exact) mass is 346 g/mol. The Kier molecular flexibility index (Phi) is 5.50. The van der Waals surface area contributed by atoms with E-state index in [0.29, 0.717) is 26.1 Å². The average Bonchev–Trinajstić information content (AvgIpc) is 3.23. The van der Waals surface area contributed by atoms with Crippen LogP contribution >= 0.6 is 0 Å². The van der Waals surface area contributed by atoms with Gasteiger partial charge in [0.25, 0.3) is 0 Å². The van der Waals surface area contributed by atoms with E-state index >= 15 is 0 Å². The van der Waals surface area contributed by atoms with Crippen molar-refractivity contribution in [3.8, 4) is 0 Å². The second-order valence-corrected chi connectivity index (χ2v) is 6.67. The molecule has 0 N–H and O–H groups in total. The van der Waals surface area contributed by atoms with Crippen LogP contribution in [0.4, 0.5) is 0 Å². The zero-order valence-electron chi connectivity index (χ0n) is 15.1. The van der Waals surface area contributed by atoms with E-state index in [1.54, 1.807) is 15.6 Å². The molecule has 0 radical (unpaired) electrons. The minimum absolute atomic E-state index is 0.0680. The van der Waals surface area contributed by atoms with Gasteiger partial charge in [0.15, 0.2) is 0 Å². The lowest BCUT2D eigenvalue weighted by atomic mass is 10.00. The van der Waals surface area contributed by atoms with E-state index < -0.39 is 0 Å². The summed E-state index contributed by atoms with van der Waals surface area (Å²) in [6, 6.07) is 1.75. The van der Waals surface area contributed by atoms with Crippen LogP contribution in [0.15, 0.2) is 30.9 Å². The van der Waals surface area contributed by atoms with Gasteiger partial charge in [0, 0.05) is 57.3 Å². The predicted molar refractivity (Wildman–Crippen MR) is 92.8 cm³/mol. The summed E-state index contributed by atoms with van der Waals surface area (Å²) in [5.41, 5.74) is 1.02. The highest BCUT2D eigenvalue weighted by molar-refractivity contribution is 5.76. The predicted octanol–water partition coefficient (Wildman–Crippen LogP) is 0.537. The molecule has 2 aromatic rings. The van der Waals surface area contributed by atoms with Crippen molar-refractivity contribution in [1.82, 2.24) is 29.4 Å². The van der Waals surface area contributed by atoms with Crippen LogP contribution in [0.25, 0.3) is 0 Å². The molecule has 136 valence electrons. The van der Waals surface area contributed by atoms with Gasteiger partial charge in [0.05, 0.1) is 24.9 Å². The van der Waals surface area contributed by atoms with Crippen molar-refractivity contribution in [2.45, 2.75) is 25.1 Å². The molecule has 1 aliphatic rings. The molecule has 0 aliphatic carbocycles. The van der Waals surface area contributed by atoms with Crippen LogP contribution in [0.5, 0.6) is 0 Å². The van der Waals surface area contributed by atoms with E-state index in [1.807, 2.05) is 50.7 Å². The molecule has 2 atom stereocenters. The number of nitrogens with zero attached hydrogens (tertiary/aromatic N) is 6. The SMILES string of the molecule is CN(C)C[C@@H]1OCCN(C(=O)CCn2cccn2)[C@H]1c1cnn(C)c1. The Morgan fingerprint density at radius 3 is 2.88 bits per heavy atom. The Hall–Kier alpha value is -2.19. The molecule has 25 heavy (non-hydrogen) atoms. The van der Waals surface area contributed by atoms with Crippen LogP contribution in [-0.4, -0.2) is 75.2 Å². The zero-order chi connectivity index (χ0) is 17.8. The third-order valence-electron chi connectivity index (χ3n) is 4.40. The summed E-state index contributed by atoms with van der Waals surface area (Å²) in [5, 5.41) is 8.45. The Bertz CT molecular complexity index is 681. The molecule has 0 saturated carbocycles. The Morgan fingerprint density at radius 1 is 1.40 bits per heavy atom. The molecule has 8 heteroatoms. The van der Waals surface area contributed by atoms with E-state index in [4.69, 9.17) is 4.74 Å². The topological polar surface area (TPSA) is 68.4 Å². The van der Waals surface area contributed by atoms with Crippen molar-refractivity contribution in [3.63, 3.8) is 0 Å². The first-order valence-electron chi connectivity index (χ1n) is 8.56. The number of hydrogen-bond acceptors (Lipinski definition) is 5. The summed E-state index contributed by atoms with van der Waals surface area (Å²) in [7, 11) is 5.92. The van der Waals surface area contributed by atoms with Crippen LogP contribution in [0.3, 0.4) is 0 Å². The second kappa shape index (κ2) is 7.79. The summed E-state index contributed by atoms with van der Waals surface area (Å²) in [6.45, 7) is 2.49. The quantitative estimate of drug-likeness (QED) is 0.764. The van der Waals surface area contributed by atoms with Gasteiger partial charge in [-0.15, -0.1) is 0 Å². The van der Waals surface area contributed by atoms with Crippen LogP contribution in [0.2, 0.25) is 0 Å². The molecule has 1 amide bonds. The van der Waals surface area contributed by atoms with Crippen molar-refractivity contribution in [2.24, 2.45) is 7.05 Å². The van der Waals surface area contributed by atoms with E-state index in [2.05, 4.69) is 15.1 Å². The van der Waals surface area contributed by atoms with Gasteiger partial charge >= 0.3 is 0 Å². The van der Waals surface area contributed by atoms with Gasteiger partial charge in [0.1, 0.15) is 0 Å². The molecule has 0 bridgehead atoms. The molecular weight excluding hydrogens is 320 g/mol. The van der Waals surface area contributed by atoms with Crippen LogP contribution in [-0.2, 0) is 23.1 Å². The summed E-state index contributed by atoms with van der Waals surface area (Å²) in [4.78, 5) is 16.9. The summed E-state index contributed by atoms with van der Waals surface area (Å²) in [5.74, 6) is 0.122. The molecule has 1 saturated heterocycles. The van der Waals surface area contributed by atoms with Crippen molar-refractivity contribution >= 4 is 5.91 Å². The molecule has 2 aromatic heterocycles. The van der Waals surface area contributed by atoms with Gasteiger partial charge in [-0.05, 0) is 20.2 Å². The molecule has 3 rings (SSSR count). The number of carbonyl (C=O) groups excluding carboxylic acids is 1. The fourth-order valence-corrected chi connectivity index (χ4v) is 3.30. The first-order chi connectivity index (χ1) is 12.0. The van der Waals surface area contributed by atoms with E-state index in [-0.39, 0.29) is 18.1 Å². The Labute approximate surface area is 148 Å². The number of morpholine rings is 1. The maximum atomic E-state index is 12.9. The van der Waals surface area contributed by atoms with Crippen molar-refractivity contribution in [1.29, 1.82) is 0 Å². The number of aryl methyl sites for hydroxylation is 2. The molecule has 8 nitrogen and oxygen atoms in total. The second-order valence-electron chi connectivity index (χ2n) is 6.67. The zero-order valence-corrected chi connectivity index (χ0v) is 15.1. The average molecular weight is 346 g/mol. The molecule has 3 heterocycles. The van der Waals surface area contributed by atoms with E-state index in [1.165, 1.54) is 0 Å². The van der Waals surface area contributed by atoms with E-state index in [9.17, 15) is 4.79 Å². The third kappa shape index (κ3) is 4.26. The first kappa shape index (κ1) is 17.6. The number of carbonyl (C=O) groups is 1. The smallest absolute Gasteiger partial charge is 0.225 e. The number of hydrogen-bond donors (Lipinski definition) is 0. The van der Waals surface area contributed by atoms with Crippen LogP contribution < -0.4 is 0 Å². The number of aromatic nitrogens is 4. The minimum Gasteiger partial charge on any atom is -0.373 e.